The second kappa shape index (κ2) is 9.81. The van der Waals surface area contributed by atoms with E-state index in [0.717, 1.165) is 6.26 Å². The van der Waals surface area contributed by atoms with E-state index in [2.05, 4.69) is 0 Å². The molecule has 1 aliphatic heterocycles. The fraction of sp³-hybridized carbons (Fsp3) is 0.333. The fourth-order valence-corrected chi connectivity index (χ4v) is 4.97. The molecule has 1 saturated heterocycles. The third kappa shape index (κ3) is 5.62. The second-order valence-electron chi connectivity index (χ2n) is 9.35. The SMILES string of the molecule is CS(=O)(=O)c1ccc(-n2ccc(OC3CCN(C(=O)Oc4ccc(C5CC5)cc4)CC3)cc2=O)cc1. The van der Waals surface area contributed by atoms with Crippen LogP contribution < -0.4 is 15.0 Å². The van der Waals surface area contributed by atoms with Gasteiger partial charge in [0.2, 0.25) is 0 Å². The summed E-state index contributed by atoms with van der Waals surface area (Å²) in [5.74, 6) is 1.67. The Balaban J connectivity index is 1.14. The average Bonchev–Trinajstić information content (AvgIpc) is 3.70. The van der Waals surface area contributed by atoms with E-state index < -0.39 is 9.84 Å². The Kier molecular flexibility index (Phi) is 6.57. The van der Waals surface area contributed by atoms with E-state index >= 15 is 0 Å². The minimum Gasteiger partial charge on any atom is -0.490 e. The van der Waals surface area contributed by atoms with Gasteiger partial charge in [-0.1, -0.05) is 12.1 Å². The van der Waals surface area contributed by atoms with Crippen LogP contribution in [0.1, 0.15) is 37.2 Å². The van der Waals surface area contributed by atoms with Crippen LogP contribution in [0.4, 0.5) is 4.79 Å². The molecule has 2 fully saturated rings. The van der Waals surface area contributed by atoms with Crippen molar-refractivity contribution >= 4 is 15.9 Å². The number of carbonyl (C=O) groups excluding carboxylic acids is 1. The van der Waals surface area contributed by atoms with Gasteiger partial charge in [-0.2, -0.15) is 0 Å². The highest BCUT2D eigenvalue weighted by Crippen LogP contribution is 2.40. The molecule has 188 valence electrons. The van der Waals surface area contributed by atoms with Gasteiger partial charge >= 0.3 is 6.09 Å². The number of aromatic nitrogens is 1. The van der Waals surface area contributed by atoms with Crippen molar-refractivity contribution in [3.8, 4) is 17.2 Å². The third-order valence-electron chi connectivity index (χ3n) is 6.57. The molecular formula is C27H28N2O6S. The van der Waals surface area contributed by atoms with Crippen molar-refractivity contribution in [1.82, 2.24) is 9.47 Å². The highest BCUT2D eigenvalue weighted by molar-refractivity contribution is 7.90. The normalized spacial score (nSPS) is 16.5. The number of likely N-dealkylation sites (tertiary alicyclic amines) is 1. The molecule has 1 saturated carbocycles. The van der Waals surface area contributed by atoms with E-state index in [-0.39, 0.29) is 22.7 Å². The van der Waals surface area contributed by atoms with Gasteiger partial charge in [-0.05, 0) is 66.8 Å². The maximum atomic E-state index is 12.6. The number of ether oxygens (including phenoxy) is 2. The lowest BCUT2D eigenvalue weighted by atomic mass is 10.1. The number of sulfone groups is 1. The molecule has 9 heteroatoms. The Bertz CT molecular complexity index is 1400. The molecule has 0 spiro atoms. The molecule has 2 aromatic carbocycles. The first-order chi connectivity index (χ1) is 17.3. The summed E-state index contributed by atoms with van der Waals surface area (Å²) in [5.41, 5.74) is 1.58. The molecule has 0 unspecified atom stereocenters. The first-order valence-corrected chi connectivity index (χ1v) is 13.9. The van der Waals surface area contributed by atoms with Gasteiger partial charge in [-0.15, -0.1) is 0 Å². The summed E-state index contributed by atoms with van der Waals surface area (Å²) < 4.78 is 36.2. The number of piperidine rings is 1. The van der Waals surface area contributed by atoms with E-state index in [9.17, 15) is 18.0 Å². The lowest BCUT2D eigenvalue weighted by Crippen LogP contribution is -2.43. The summed E-state index contributed by atoms with van der Waals surface area (Å²) in [6, 6.07) is 17.0. The van der Waals surface area contributed by atoms with Crippen molar-refractivity contribution in [3.05, 3.63) is 82.8 Å². The summed E-state index contributed by atoms with van der Waals surface area (Å²) in [4.78, 5) is 27.0. The van der Waals surface area contributed by atoms with Crippen molar-refractivity contribution < 1.29 is 22.7 Å². The van der Waals surface area contributed by atoms with Crippen LogP contribution in [0.3, 0.4) is 0 Å². The van der Waals surface area contributed by atoms with Crippen molar-refractivity contribution in [1.29, 1.82) is 0 Å². The molecule has 1 aliphatic carbocycles. The number of pyridine rings is 1. The molecule has 0 bridgehead atoms. The Morgan fingerprint density at radius 3 is 2.14 bits per heavy atom. The van der Waals surface area contributed by atoms with Gasteiger partial charge in [0, 0.05) is 50.1 Å². The van der Waals surface area contributed by atoms with Gasteiger partial charge in [0.25, 0.3) is 5.56 Å². The quantitative estimate of drug-likeness (QED) is 0.496. The summed E-state index contributed by atoms with van der Waals surface area (Å²) in [6.07, 6.45) is 5.99. The standard InChI is InChI=1S/C27H28N2O6S/c1-36(32,33)25-10-6-21(7-11-25)29-17-14-24(18-26(29)30)34-23-12-15-28(16-13-23)27(31)35-22-8-4-20(5-9-22)19-2-3-19/h4-11,14,17-19,23H,2-3,12-13,15-16H2,1H3. The predicted octanol–water partition coefficient (Wildman–Crippen LogP) is 4.16. The van der Waals surface area contributed by atoms with Crippen LogP contribution in [0.2, 0.25) is 0 Å². The molecule has 2 aliphatic rings. The van der Waals surface area contributed by atoms with Gasteiger partial charge in [0.1, 0.15) is 17.6 Å². The summed E-state index contributed by atoms with van der Waals surface area (Å²) in [7, 11) is -3.30. The summed E-state index contributed by atoms with van der Waals surface area (Å²) in [5, 5.41) is 0. The van der Waals surface area contributed by atoms with Crippen LogP contribution in [0, 0.1) is 0 Å². The molecule has 8 nitrogen and oxygen atoms in total. The lowest BCUT2D eigenvalue weighted by Gasteiger charge is -2.31. The molecule has 1 amide bonds. The molecular weight excluding hydrogens is 480 g/mol. The maximum absolute atomic E-state index is 12.6. The third-order valence-corrected chi connectivity index (χ3v) is 7.70. The highest BCUT2D eigenvalue weighted by Gasteiger charge is 2.26. The van der Waals surface area contributed by atoms with Crippen LogP contribution in [0.25, 0.3) is 5.69 Å². The lowest BCUT2D eigenvalue weighted by molar-refractivity contribution is 0.0929. The van der Waals surface area contributed by atoms with Crippen molar-refractivity contribution in [2.75, 3.05) is 19.3 Å². The number of rotatable bonds is 6. The minimum atomic E-state index is -3.30. The second-order valence-corrected chi connectivity index (χ2v) is 11.4. The van der Waals surface area contributed by atoms with Crippen molar-refractivity contribution in [2.45, 2.75) is 42.6 Å². The minimum absolute atomic E-state index is 0.115. The topological polar surface area (TPSA) is 94.9 Å². The Labute approximate surface area is 210 Å². The largest absolute Gasteiger partial charge is 0.490 e. The van der Waals surface area contributed by atoms with Crippen LogP contribution in [-0.4, -0.2) is 49.4 Å². The zero-order valence-electron chi connectivity index (χ0n) is 20.0. The average molecular weight is 509 g/mol. The maximum Gasteiger partial charge on any atom is 0.415 e. The van der Waals surface area contributed by atoms with Crippen molar-refractivity contribution in [2.24, 2.45) is 0 Å². The molecule has 3 aromatic rings. The van der Waals surface area contributed by atoms with E-state index in [4.69, 9.17) is 9.47 Å². The zero-order chi connectivity index (χ0) is 25.3. The van der Waals surface area contributed by atoms with E-state index in [1.165, 1.54) is 41.2 Å². The first kappa shape index (κ1) is 24.1. The number of hydrogen-bond donors (Lipinski definition) is 0. The Morgan fingerprint density at radius 1 is 0.889 bits per heavy atom. The van der Waals surface area contributed by atoms with Gasteiger partial charge in [-0.25, -0.2) is 13.2 Å². The number of carbonyl (C=O) groups is 1. The van der Waals surface area contributed by atoms with Gasteiger partial charge < -0.3 is 14.4 Å². The van der Waals surface area contributed by atoms with Crippen LogP contribution in [0.15, 0.2) is 76.6 Å². The summed E-state index contributed by atoms with van der Waals surface area (Å²) in [6.45, 7) is 1.01. The van der Waals surface area contributed by atoms with E-state index in [1.807, 2.05) is 24.3 Å². The molecule has 5 rings (SSSR count). The van der Waals surface area contributed by atoms with E-state index in [0.29, 0.717) is 49.0 Å². The zero-order valence-corrected chi connectivity index (χ0v) is 20.8. The van der Waals surface area contributed by atoms with Crippen LogP contribution in [-0.2, 0) is 9.84 Å². The van der Waals surface area contributed by atoms with Crippen LogP contribution in [0.5, 0.6) is 11.5 Å². The molecule has 36 heavy (non-hydrogen) atoms. The van der Waals surface area contributed by atoms with E-state index in [1.54, 1.807) is 29.3 Å². The first-order valence-electron chi connectivity index (χ1n) is 12.0. The number of hydrogen-bond acceptors (Lipinski definition) is 6. The Morgan fingerprint density at radius 2 is 1.56 bits per heavy atom. The molecule has 0 radical (unpaired) electrons. The van der Waals surface area contributed by atoms with Crippen molar-refractivity contribution in [3.63, 3.8) is 0 Å². The molecule has 0 N–H and O–H groups in total. The van der Waals surface area contributed by atoms with Gasteiger partial charge in [-0.3, -0.25) is 9.36 Å². The Hall–Kier alpha value is -3.59. The number of nitrogens with zero attached hydrogens (tertiary/aromatic N) is 2. The molecule has 2 heterocycles. The predicted molar refractivity (Wildman–Crippen MR) is 135 cm³/mol. The smallest absolute Gasteiger partial charge is 0.415 e. The van der Waals surface area contributed by atoms with Gasteiger partial charge in [0.15, 0.2) is 9.84 Å². The molecule has 1 aromatic heterocycles. The number of benzene rings is 2. The highest BCUT2D eigenvalue weighted by atomic mass is 32.2. The summed E-state index contributed by atoms with van der Waals surface area (Å²) >= 11 is 0. The van der Waals surface area contributed by atoms with Crippen LogP contribution >= 0.6 is 0 Å². The number of amides is 1. The van der Waals surface area contributed by atoms with Gasteiger partial charge in [0.05, 0.1) is 4.90 Å². The molecule has 0 atom stereocenters. The monoisotopic (exact) mass is 508 g/mol. The fourth-order valence-electron chi connectivity index (χ4n) is 4.34.